The van der Waals surface area contributed by atoms with Crippen LogP contribution < -0.4 is 10.0 Å². The molecular formula is C23H22N4O4S. The van der Waals surface area contributed by atoms with Gasteiger partial charge in [0.2, 0.25) is 10.0 Å². The van der Waals surface area contributed by atoms with Crippen molar-refractivity contribution in [2.24, 2.45) is 0 Å². The second-order valence-electron chi connectivity index (χ2n) is 7.06. The number of rotatable bonds is 9. The summed E-state index contributed by atoms with van der Waals surface area (Å²) in [4.78, 5) is 12.5. The molecule has 32 heavy (non-hydrogen) atoms. The minimum absolute atomic E-state index is 0.0540. The molecule has 2 aromatic heterocycles. The third-order valence-corrected chi connectivity index (χ3v) is 6.22. The molecule has 4 rings (SSSR count). The number of furan rings is 1. The van der Waals surface area contributed by atoms with Gasteiger partial charge in [0.1, 0.15) is 5.76 Å². The Morgan fingerprint density at radius 2 is 1.78 bits per heavy atom. The highest BCUT2D eigenvalue weighted by molar-refractivity contribution is 7.89. The van der Waals surface area contributed by atoms with E-state index in [1.54, 1.807) is 23.0 Å². The van der Waals surface area contributed by atoms with Crippen molar-refractivity contribution in [2.75, 3.05) is 6.54 Å². The Bertz CT molecular complexity index is 1270. The molecule has 0 saturated carbocycles. The Kier molecular flexibility index (Phi) is 6.48. The summed E-state index contributed by atoms with van der Waals surface area (Å²) in [7, 11) is -3.70. The number of sulfonamides is 1. The minimum atomic E-state index is -3.70. The van der Waals surface area contributed by atoms with Crippen LogP contribution in [0.5, 0.6) is 0 Å². The van der Waals surface area contributed by atoms with Crippen LogP contribution in [0.2, 0.25) is 0 Å². The largest absolute Gasteiger partial charge is 0.468 e. The minimum Gasteiger partial charge on any atom is -0.468 e. The lowest BCUT2D eigenvalue weighted by Crippen LogP contribution is -2.26. The van der Waals surface area contributed by atoms with Crippen LogP contribution in [-0.2, 0) is 23.0 Å². The molecule has 0 saturated heterocycles. The van der Waals surface area contributed by atoms with Gasteiger partial charge in [-0.2, -0.15) is 5.10 Å². The second kappa shape index (κ2) is 9.63. The number of amides is 1. The fraction of sp³-hybridized carbons (Fsp3) is 0.130. The van der Waals surface area contributed by atoms with Gasteiger partial charge < -0.3 is 9.73 Å². The van der Waals surface area contributed by atoms with Crippen LogP contribution in [0.15, 0.2) is 94.7 Å². The van der Waals surface area contributed by atoms with E-state index < -0.39 is 10.0 Å². The first kappa shape index (κ1) is 21.5. The van der Waals surface area contributed by atoms with E-state index in [4.69, 9.17) is 4.42 Å². The predicted molar refractivity (Wildman–Crippen MR) is 119 cm³/mol. The van der Waals surface area contributed by atoms with Crippen molar-refractivity contribution >= 4 is 15.9 Å². The lowest BCUT2D eigenvalue weighted by atomic mass is 10.2. The Hall–Kier alpha value is -3.69. The van der Waals surface area contributed by atoms with Gasteiger partial charge in [-0.3, -0.25) is 4.79 Å². The van der Waals surface area contributed by atoms with Crippen molar-refractivity contribution < 1.29 is 17.6 Å². The van der Waals surface area contributed by atoms with Gasteiger partial charge in [0.25, 0.3) is 5.91 Å². The molecule has 9 heteroatoms. The third-order valence-electron chi connectivity index (χ3n) is 4.80. The van der Waals surface area contributed by atoms with Crippen molar-refractivity contribution in [1.29, 1.82) is 0 Å². The van der Waals surface area contributed by atoms with Crippen LogP contribution in [0.3, 0.4) is 0 Å². The highest BCUT2D eigenvalue weighted by Crippen LogP contribution is 2.12. The summed E-state index contributed by atoms with van der Waals surface area (Å²) in [6.07, 6.45) is 5.81. The number of carbonyl (C=O) groups is 1. The molecule has 0 aliphatic carbocycles. The Balaban J connectivity index is 1.29. The quantitative estimate of drug-likeness (QED) is 0.408. The molecule has 0 aliphatic heterocycles. The SMILES string of the molecule is O=C(NCCc1cnn(-c2ccccc2)c1)c1ccc(S(=O)(=O)NCc2ccco2)cc1. The molecular weight excluding hydrogens is 428 g/mol. The van der Waals surface area contributed by atoms with Gasteiger partial charge in [-0.25, -0.2) is 17.8 Å². The predicted octanol–water partition coefficient (Wildman–Crippen LogP) is 2.92. The number of para-hydroxylation sites is 1. The molecule has 0 spiro atoms. The topological polar surface area (TPSA) is 106 Å². The van der Waals surface area contributed by atoms with Gasteiger partial charge in [-0.15, -0.1) is 0 Å². The summed E-state index contributed by atoms with van der Waals surface area (Å²) >= 11 is 0. The molecule has 0 aliphatic rings. The van der Waals surface area contributed by atoms with E-state index in [0.717, 1.165) is 11.3 Å². The zero-order valence-electron chi connectivity index (χ0n) is 17.1. The summed E-state index contributed by atoms with van der Waals surface area (Å²) in [6, 6.07) is 18.9. The number of aromatic nitrogens is 2. The average Bonchev–Trinajstić information content (AvgIpc) is 3.51. The van der Waals surface area contributed by atoms with Crippen LogP contribution >= 0.6 is 0 Å². The van der Waals surface area contributed by atoms with E-state index in [0.29, 0.717) is 24.3 Å². The molecule has 0 bridgehead atoms. The Labute approximate surface area is 185 Å². The highest BCUT2D eigenvalue weighted by atomic mass is 32.2. The van der Waals surface area contributed by atoms with Gasteiger partial charge in [0.05, 0.1) is 29.6 Å². The van der Waals surface area contributed by atoms with Crippen LogP contribution in [0, 0.1) is 0 Å². The van der Waals surface area contributed by atoms with Crippen LogP contribution in [0.25, 0.3) is 5.69 Å². The summed E-state index contributed by atoms with van der Waals surface area (Å²) < 4.78 is 34.1. The van der Waals surface area contributed by atoms with E-state index in [1.165, 1.54) is 30.5 Å². The van der Waals surface area contributed by atoms with Crippen molar-refractivity contribution in [2.45, 2.75) is 17.9 Å². The van der Waals surface area contributed by atoms with E-state index >= 15 is 0 Å². The molecule has 1 amide bonds. The summed E-state index contributed by atoms with van der Waals surface area (Å²) in [5.41, 5.74) is 2.35. The molecule has 2 aromatic carbocycles. The summed E-state index contributed by atoms with van der Waals surface area (Å²) in [5, 5.41) is 7.19. The molecule has 0 atom stereocenters. The number of hydrogen-bond donors (Lipinski definition) is 2. The zero-order chi connectivity index (χ0) is 22.4. The van der Waals surface area contributed by atoms with Crippen molar-refractivity contribution in [1.82, 2.24) is 19.8 Å². The monoisotopic (exact) mass is 450 g/mol. The molecule has 8 nitrogen and oxygen atoms in total. The van der Waals surface area contributed by atoms with E-state index in [-0.39, 0.29) is 17.3 Å². The summed E-state index contributed by atoms with van der Waals surface area (Å²) in [6.45, 7) is 0.489. The Morgan fingerprint density at radius 1 is 1.00 bits per heavy atom. The number of nitrogens with zero attached hydrogens (tertiary/aromatic N) is 2. The number of carbonyl (C=O) groups excluding carboxylic acids is 1. The standard InChI is InChI=1S/C23H22N4O4S/c28-23(24-13-12-18-15-25-27(17-18)20-5-2-1-3-6-20)19-8-10-22(11-9-19)32(29,30)26-16-21-7-4-14-31-21/h1-11,14-15,17,26H,12-13,16H2,(H,24,28). The number of benzene rings is 2. The van der Waals surface area contributed by atoms with Gasteiger partial charge in [-0.1, -0.05) is 18.2 Å². The summed E-state index contributed by atoms with van der Waals surface area (Å²) in [5.74, 6) is 0.242. The Morgan fingerprint density at radius 3 is 2.50 bits per heavy atom. The van der Waals surface area contributed by atoms with Gasteiger partial charge in [0.15, 0.2) is 0 Å². The van der Waals surface area contributed by atoms with Gasteiger partial charge in [0, 0.05) is 18.3 Å². The molecule has 2 N–H and O–H groups in total. The van der Waals surface area contributed by atoms with Crippen molar-refractivity contribution in [3.05, 3.63) is 102 Å². The normalized spacial score (nSPS) is 11.4. The third kappa shape index (κ3) is 5.32. The maximum atomic E-state index is 12.4. The molecule has 164 valence electrons. The second-order valence-corrected chi connectivity index (χ2v) is 8.83. The molecule has 0 unspecified atom stereocenters. The smallest absolute Gasteiger partial charge is 0.251 e. The zero-order valence-corrected chi connectivity index (χ0v) is 18.0. The number of nitrogens with one attached hydrogen (secondary N) is 2. The maximum Gasteiger partial charge on any atom is 0.251 e. The fourth-order valence-corrected chi connectivity index (χ4v) is 4.07. The van der Waals surface area contributed by atoms with Gasteiger partial charge in [-0.05, 0) is 60.5 Å². The lowest BCUT2D eigenvalue weighted by Gasteiger charge is -2.07. The van der Waals surface area contributed by atoms with Crippen LogP contribution in [-0.4, -0.2) is 30.7 Å². The van der Waals surface area contributed by atoms with Crippen LogP contribution in [0.4, 0.5) is 0 Å². The van der Waals surface area contributed by atoms with Crippen molar-refractivity contribution in [3.63, 3.8) is 0 Å². The molecule has 0 fully saturated rings. The fourth-order valence-electron chi connectivity index (χ4n) is 3.08. The van der Waals surface area contributed by atoms with E-state index in [9.17, 15) is 13.2 Å². The van der Waals surface area contributed by atoms with E-state index in [2.05, 4.69) is 15.1 Å². The maximum absolute atomic E-state index is 12.4. The van der Waals surface area contributed by atoms with Crippen LogP contribution in [0.1, 0.15) is 21.7 Å². The first-order valence-corrected chi connectivity index (χ1v) is 11.5. The average molecular weight is 451 g/mol. The number of hydrogen-bond acceptors (Lipinski definition) is 5. The molecule has 2 heterocycles. The molecule has 4 aromatic rings. The highest BCUT2D eigenvalue weighted by Gasteiger charge is 2.15. The first-order chi connectivity index (χ1) is 15.5. The first-order valence-electron chi connectivity index (χ1n) is 10.0. The van der Waals surface area contributed by atoms with Gasteiger partial charge >= 0.3 is 0 Å². The van der Waals surface area contributed by atoms with Crippen molar-refractivity contribution in [3.8, 4) is 5.69 Å². The lowest BCUT2D eigenvalue weighted by molar-refractivity contribution is 0.0954. The molecule has 0 radical (unpaired) electrons. The van der Waals surface area contributed by atoms with E-state index in [1.807, 2.05) is 36.5 Å².